The van der Waals surface area contributed by atoms with Crippen LogP contribution in [0.3, 0.4) is 0 Å². The highest BCUT2D eigenvalue weighted by atomic mass is 31.0. The van der Waals surface area contributed by atoms with E-state index in [-0.39, 0.29) is 17.3 Å². The van der Waals surface area contributed by atoms with Gasteiger partial charge in [-0.05, 0) is 30.9 Å². The summed E-state index contributed by atoms with van der Waals surface area (Å²) < 4.78 is 24.0. The zero-order chi connectivity index (χ0) is 19.4. The smallest absolute Gasteiger partial charge is 0.316 e. The molecule has 0 amide bonds. The highest BCUT2D eigenvalue weighted by Gasteiger charge is 2.33. The first kappa shape index (κ1) is 23.2. The standard InChI is InChI=1S/C18H26O5.H3OP/c1-6-10-23-18(20)13(11-12(2)3)17(19)16-14(21-4)8-7-9-15(16)22-5;1-2/h7-9,12-13H,6,10-11H2,1-5H3;2H3. The van der Waals surface area contributed by atoms with Gasteiger partial charge in [0.25, 0.3) is 0 Å². The number of benzene rings is 1. The van der Waals surface area contributed by atoms with E-state index in [1.54, 1.807) is 18.2 Å². The minimum absolute atomic E-state index is 0.179. The second kappa shape index (κ2) is 12.5. The monoisotopic (exact) mass is 372 g/mol. The van der Waals surface area contributed by atoms with Crippen LogP contribution >= 0.6 is 9.12 Å². The molecule has 0 aliphatic heterocycles. The van der Waals surface area contributed by atoms with Crippen LogP contribution in [0.5, 0.6) is 11.5 Å². The van der Waals surface area contributed by atoms with Gasteiger partial charge in [0.05, 0.1) is 29.9 Å². The largest absolute Gasteiger partial charge is 0.496 e. The van der Waals surface area contributed by atoms with Crippen molar-refractivity contribution >= 4 is 20.9 Å². The van der Waals surface area contributed by atoms with Crippen LogP contribution in [0.4, 0.5) is 0 Å². The molecule has 142 valence electrons. The average molecular weight is 372 g/mol. The lowest BCUT2D eigenvalue weighted by Crippen LogP contribution is -2.28. The molecule has 0 N–H and O–H groups in total. The van der Waals surface area contributed by atoms with Gasteiger partial charge in [-0.1, -0.05) is 26.8 Å². The first-order valence-corrected chi connectivity index (χ1v) is 8.74. The van der Waals surface area contributed by atoms with Crippen LogP contribution in [0.25, 0.3) is 0 Å². The van der Waals surface area contributed by atoms with Crippen molar-refractivity contribution in [2.24, 2.45) is 11.8 Å². The number of carbonyl (C=O) groups is 2. The van der Waals surface area contributed by atoms with E-state index in [1.807, 2.05) is 20.8 Å². The van der Waals surface area contributed by atoms with Crippen LogP contribution in [0.2, 0.25) is 0 Å². The number of hydrogen-bond donors (Lipinski definition) is 0. The van der Waals surface area contributed by atoms with Crippen LogP contribution in [0.15, 0.2) is 18.2 Å². The highest BCUT2D eigenvalue weighted by molar-refractivity contribution is 7.00. The van der Waals surface area contributed by atoms with E-state index in [2.05, 4.69) is 0 Å². The summed E-state index contributed by atoms with van der Waals surface area (Å²) in [6, 6.07) is 5.10. The molecule has 0 saturated carbocycles. The Morgan fingerprint density at radius 3 is 2.00 bits per heavy atom. The van der Waals surface area contributed by atoms with Crippen molar-refractivity contribution in [3.8, 4) is 11.5 Å². The van der Waals surface area contributed by atoms with Crippen LogP contribution in [-0.4, -0.2) is 32.6 Å². The van der Waals surface area contributed by atoms with E-state index < -0.39 is 11.9 Å². The summed E-state index contributed by atoms with van der Waals surface area (Å²) in [5.41, 5.74) is 0.289. The van der Waals surface area contributed by atoms with Crippen molar-refractivity contribution in [3.63, 3.8) is 0 Å². The predicted octanol–water partition coefficient (Wildman–Crippen LogP) is 3.44. The molecule has 0 aliphatic rings. The maximum Gasteiger partial charge on any atom is 0.316 e. The molecule has 0 radical (unpaired) electrons. The quantitative estimate of drug-likeness (QED) is 0.286. The van der Waals surface area contributed by atoms with Crippen LogP contribution in [0.1, 0.15) is 44.0 Å². The van der Waals surface area contributed by atoms with E-state index >= 15 is 0 Å². The molecule has 0 fully saturated rings. The molecule has 2 unspecified atom stereocenters. The average Bonchev–Trinajstić information content (AvgIpc) is 2.64. The molecule has 1 aromatic carbocycles. The third-order valence-corrected chi connectivity index (χ3v) is 3.43. The van der Waals surface area contributed by atoms with Crippen molar-refractivity contribution < 1.29 is 28.4 Å². The molecule has 0 bridgehead atoms. The van der Waals surface area contributed by atoms with Gasteiger partial charge in [-0.15, -0.1) is 0 Å². The Kier molecular flexibility index (Phi) is 11.6. The van der Waals surface area contributed by atoms with Crippen LogP contribution in [-0.2, 0) is 14.1 Å². The number of ketones is 1. The summed E-state index contributed by atoms with van der Waals surface area (Å²) in [4.78, 5) is 25.3. The Hall–Kier alpha value is -1.81. The molecule has 2 atom stereocenters. The van der Waals surface area contributed by atoms with Crippen molar-refractivity contribution in [2.75, 3.05) is 20.8 Å². The lowest BCUT2D eigenvalue weighted by atomic mass is 9.89. The minimum Gasteiger partial charge on any atom is -0.496 e. The third-order valence-electron chi connectivity index (χ3n) is 3.43. The Morgan fingerprint density at radius 1 is 1.08 bits per heavy atom. The molecule has 1 aromatic rings. The predicted molar refractivity (Wildman–Crippen MR) is 99.9 cm³/mol. The fourth-order valence-electron chi connectivity index (χ4n) is 2.35. The van der Waals surface area contributed by atoms with E-state index in [4.69, 9.17) is 18.8 Å². The normalized spacial score (nSPS) is 11.3. The Morgan fingerprint density at radius 2 is 1.60 bits per heavy atom. The summed E-state index contributed by atoms with van der Waals surface area (Å²) in [5, 5.41) is 0. The van der Waals surface area contributed by atoms with Gasteiger partial charge in [-0.25, -0.2) is 0 Å². The van der Waals surface area contributed by atoms with Crippen molar-refractivity contribution in [1.29, 1.82) is 0 Å². The van der Waals surface area contributed by atoms with Gasteiger partial charge in [0.15, 0.2) is 5.78 Å². The van der Waals surface area contributed by atoms with Crippen LogP contribution in [0, 0.1) is 11.8 Å². The van der Waals surface area contributed by atoms with Gasteiger partial charge >= 0.3 is 5.97 Å². The summed E-state index contributed by atoms with van der Waals surface area (Å²) in [6.45, 7) is 6.15. The summed E-state index contributed by atoms with van der Waals surface area (Å²) in [7, 11) is 3.58. The number of carbonyl (C=O) groups excluding carboxylic acids is 2. The van der Waals surface area contributed by atoms with Gasteiger partial charge in [-0.3, -0.25) is 9.59 Å². The number of hydrogen-bond acceptors (Lipinski definition) is 6. The summed E-state index contributed by atoms with van der Waals surface area (Å²) >= 11 is 0. The third kappa shape index (κ3) is 6.91. The second-order valence-corrected chi connectivity index (χ2v) is 5.75. The van der Waals surface area contributed by atoms with E-state index in [0.717, 1.165) is 0 Å². The summed E-state index contributed by atoms with van der Waals surface area (Å²) in [6.07, 6.45) is 1.13. The van der Waals surface area contributed by atoms with Crippen molar-refractivity contribution in [1.82, 2.24) is 0 Å². The molecule has 0 spiro atoms. The molecule has 7 heteroatoms. The first-order chi connectivity index (χ1) is 12.0. The van der Waals surface area contributed by atoms with Crippen LogP contribution < -0.4 is 9.47 Å². The van der Waals surface area contributed by atoms with Gasteiger partial charge in [0.2, 0.25) is 0 Å². The van der Waals surface area contributed by atoms with E-state index in [9.17, 15) is 9.59 Å². The highest BCUT2D eigenvalue weighted by Crippen LogP contribution is 2.32. The maximum atomic E-state index is 13.0. The number of ether oxygens (including phenoxy) is 3. The topological polar surface area (TPSA) is 78.9 Å². The fourth-order valence-corrected chi connectivity index (χ4v) is 2.35. The number of Topliss-reactive ketones (excluding diaryl/α,β-unsaturated/α-hetero) is 1. The lowest BCUT2D eigenvalue weighted by Gasteiger charge is -2.19. The Balaban J connectivity index is 0.00000277. The number of esters is 1. The Bertz CT molecular complexity index is 536. The van der Waals surface area contributed by atoms with Gasteiger partial charge in [-0.2, -0.15) is 0 Å². The van der Waals surface area contributed by atoms with E-state index in [0.29, 0.717) is 40.1 Å². The van der Waals surface area contributed by atoms with Gasteiger partial charge in [0, 0.05) is 0 Å². The van der Waals surface area contributed by atoms with E-state index in [1.165, 1.54) is 14.2 Å². The molecular weight excluding hydrogens is 343 g/mol. The van der Waals surface area contributed by atoms with Crippen molar-refractivity contribution in [2.45, 2.75) is 33.6 Å². The second-order valence-electron chi connectivity index (χ2n) is 5.75. The molecule has 0 aromatic heterocycles. The molecule has 6 nitrogen and oxygen atoms in total. The number of methoxy groups -OCH3 is 2. The zero-order valence-corrected chi connectivity index (χ0v) is 17.1. The molecule has 0 heterocycles. The molecule has 25 heavy (non-hydrogen) atoms. The van der Waals surface area contributed by atoms with Crippen molar-refractivity contribution in [3.05, 3.63) is 23.8 Å². The molecule has 0 saturated heterocycles. The zero-order valence-electron chi connectivity index (χ0n) is 15.7. The van der Waals surface area contributed by atoms with Gasteiger partial charge in [0.1, 0.15) is 23.0 Å². The Labute approximate surface area is 151 Å². The summed E-state index contributed by atoms with van der Waals surface area (Å²) in [5.74, 6) is -0.698. The fraction of sp³-hybridized carbons (Fsp3) is 0.556. The SMILES string of the molecule is CCCOC(=O)C(CC(C)C)C(=O)c1c(OC)cccc1OC.O=[PH3]. The molecular formula is C18H29O6P. The maximum absolute atomic E-state index is 13.0. The lowest BCUT2D eigenvalue weighted by molar-refractivity contribution is -0.147. The molecule has 0 aliphatic carbocycles. The minimum atomic E-state index is -0.855. The van der Waals surface area contributed by atoms with Gasteiger partial charge < -0.3 is 18.8 Å². The first-order valence-electron chi connectivity index (χ1n) is 8.16. The molecule has 1 rings (SSSR count). The number of rotatable bonds is 9.